The molecule has 5 nitrogen and oxygen atoms in total. The summed E-state index contributed by atoms with van der Waals surface area (Å²) in [5.74, 6) is 0. The molecule has 0 aliphatic carbocycles. The topological polar surface area (TPSA) is 83.1 Å². The molecule has 0 aliphatic heterocycles. The summed E-state index contributed by atoms with van der Waals surface area (Å²) in [6.45, 7) is 0.745. The zero-order valence-corrected chi connectivity index (χ0v) is 10.3. The van der Waals surface area contributed by atoms with E-state index in [1.54, 1.807) is 0 Å². The maximum atomic E-state index is 11.1. The highest BCUT2D eigenvalue weighted by Crippen LogP contribution is 2.24. The summed E-state index contributed by atoms with van der Waals surface area (Å²) in [5, 5.41) is 16.5. The predicted octanol–water partition coefficient (Wildman–Crippen LogP) is 2.80. The number of nitrogens with zero attached hydrogens (tertiary/aromatic N) is 2. The van der Waals surface area contributed by atoms with Gasteiger partial charge in [0.05, 0.1) is 25.4 Å². The summed E-state index contributed by atoms with van der Waals surface area (Å²) in [6, 6.07) is 4.05. The lowest BCUT2D eigenvalue weighted by Crippen LogP contribution is -1.91. The third kappa shape index (κ3) is 11.2. The Bertz CT molecular complexity index is 244. The minimum Gasteiger partial charge on any atom is -0.311 e. The molecule has 0 fully saturated rings. The van der Waals surface area contributed by atoms with Gasteiger partial charge in [0, 0.05) is 12.8 Å². The van der Waals surface area contributed by atoms with Crippen molar-refractivity contribution in [3.63, 3.8) is 0 Å². The first-order valence-electron chi connectivity index (χ1n) is 5.34. The fourth-order valence-electron chi connectivity index (χ4n) is 0.965. The molecule has 0 rings (SSSR count). The molecule has 0 amide bonds. The van der Waals surface area contributed by atoms with E-state index >= 15 is 0 Å². The van der Waals surface area contributed by atoms with Crippen LogP contribution in [0.3, 0.4) is 0 Å². The molecule has 0 saturated heterocycles. The zero-order chi connectivity index (χ0) is 12.1. The predicted molar refractivity (Wildman–Crippen MR) is 59.8 cm³/mol. The molecule has 0 aromatic heterocycles. The second-order valence-electron chi connectivity index (χ2n) is 3.18. The van der Waals surface area contributed by atoms with Crippen LogP contribution in [0.1, 0.15) is 38.5 Å². The lowest BCUT2D eigenvalue weighted by molar-refractivity contribution is 0.220. The lowest BCUT2D eigenvalue weighted by Gasteiger charge is -2.04. The van der Waals surface area contributed by atoms with Gasteiger partial charge in [0.2, 0.25) is 0 Å². The monoisotopic (exact) mass is 244 g/mol. The average molecular weight is 244 g/mol. The lowest BCUT2D eigenvalue weighted by atomic mass is 10.3. The second kappa shape index (κ2) is 12.2. The van der Waals surface area contributed by atoms with E-state index in [4.69, 9.17) is 19.6 Å². The van der Waals surface area contributed by atoms with Crippen LogP contribution in [0.5, 0.6) is 0 Å². The molecular formula is C10H17N2O3P. The quantitative estimate of drug-likeness (QED) is 0.436. The molecule has 16 heavy (non-hydrogen) atoms. The summed E-state index contributed by atoms with van der Waals surface area (Å²) < 4.78 is 21.0. The van der Waals surface area contributed by atoms with E-state index in [2.05, 4.69) is 0 Å². The molecule has 0 saturated carbocycles. The van der Waals surface area contributed by atoms with Gasteiger partial charge in [-0.15, -0.1) is 0 Å². The van der Waals surface area contributed by atoms with Crippen molar-refractivity contribution in [2.45, 2.75) is 38.5 Å². The summed E-state index contributed by atoms with van der Waals surface area (Å²) in [4.78, 5) is 0. The Kier molecular flexibility index (Phi) is 11.5. The van der Waals surface area contributed by atoms with Crippen LogP contribution in [0.4, 0.5) is 0 Å². The van der Waals surface area contributed by atoms with E-state index in [-0.39, 0.29) is 0 Å². The van der Waals surface area contributed by atoms with Crippen LogP contribution in [0.25, 0.3) is 0 Å². The van der Waals surface area contributed by atoms with Crippen molar-refractivity contribution in [1.29, 1.82) is 10.5 Å². The number of rotatable bonds is 10. The van der Waals surface area contributed by atoms with E-state index in [0.717, 1.165) is 25.7 Å². The second-order valence-corrected chi connectivity index (χ2v) is 4.25. The summed E-state index contributed by atoms with van der Waals surface area (Å²) >= 11 is 0. The molecular weight excluding hydrogens is 227 g/mol. The molecule has 0 bridgehead atoms. The normalized spacial score (nSPS) is 9.94. The Morgan fingerprint density at radius 2 is 1.31 bits per heavy atom. The highest BCUT2D eigenvalue weighted by molar-refractivity contribution is 7.33. The average Bonchev–Trinajstić information content (AvgIpc) is 2.28. The van der Waals surface area contributed by atoms with Gasteiger partial charge in [-0.05, 0) is 25.7 Å². The van der Waals surface area contributed by atoms with Gasteiger partial charge >= 0.3 is 8.25 Å². The molecule has 0 aliphatic rings. The Balaban J connectivity index is 3.19. The largest absolute Gasteiger partial charge is 0.319 e. The fraction of sp³-hybridized carbons (Fsp3) is 0.800. The third-order valence-electron chi connectivity index (χ3n) is 1.81. The van der Waals surface area contributed by atoms with E-state index in [1.807, 2.05) is 12.1 Å². The Morgan fingerprint density at radius 1 is 0.875 bits per heavy atom. The molecule has 0 heterocycles. The number of unbranched alkanes of at least 4 members (excludes halogenated alkanes) is 4. The van der Waals surface area contributed by atoms with Gasteiger partial charge in [0.15, 0.2) is 0 Å². The molecule has 6 heteroatoms. The minimum atomic E-state index is -2.38. The van der Waals surface area contributed by atoms with Gasteiger partial charge in [-0.25, -0.2) is 0 Å². The van der Waals surface area contributed by atoms with Crippen molar-refractivity contribution in [2.75, 3.05) is 13.2 Å². The van der Waals surface area contributed by atoms with Gasteiger partial charge in [-0.2, -0.15) is 10.5 Å². The van der Waals surface area contributed by atoms with Crippen LogP contribution in [0, 0.1) is 22.7 Å². The van der Waals surface area contributed by atoms with E-state index in [1.165, 1.54) is 0 Å². The van der Waals surface area contributed by atoms with Crippen molar-refractivity contribution in [2.24, 2.45) is 0 Å². The summed E-state index contributed by atoms with van der Waals surface area (Å²) in [6.07, 6.45) is 3.96. The van der Waals surface area contributed by atoms with Crippen molar-refractivity contribution in [3.8, 4) is 12.1 Å². The molecule has 0 atom stereocenters. The van der Waals surface area contributed by atoms with Crippen molar-refractivity contribution >= 4 is 8.25 Å². The molecule has 0 unspecified atom stereocenters. The zero-order valence-electron chi connectivity index (χ0n) is 9.28. The van der Waals surface area contributed by atoms with Crippen LogP contribution in [-0.4, -0.2) is 13.2 Å². The van der Waals surface area contributed by atoms with Crippen LogP contribution in [0.15, 0.2) is 0 Å². The van der Waals surface area contributed by atoms with Crippen LogP contribution in [-0.2, 0) is 13.6 Å². The molecule has 0 aromatic rings. The maximum absolute atomic E-state index is 11.1. The summed E-state index contributed by atoms with van der Waals surface area (Å²) in [5.41, 5.74) is 0. The standard InChI is InChI=1S/C10H17N2O3P/c11-7-3-1-5-9-14-16(13)15-10-6-2-4-8-12/h16H,1-6,9-10H2. The Morgan fingerprint density at radius 3 is 1.69 bits per heavy atom. The van der Waals surface area contributed by atoms with E-state index in [0.29, 0.717) is 26.1 Å². The summed E-state index contributed by atoms with van der Waals surface area (Å²) in [7, 11) is -2.38. The molecule has 0 radical (unpaired) electrons. The van der Waals surface area contributed by atoms with Gasteiger partial charge in [-0.3, -0.25) is 4.57 Å². The highest BCUT2D eigenvalue weighted by atomic mass is 31.1. The van der Waals surface area contributed by atoms with Gasteiger partial charge in [-0.1, -0.05) is 0 Å². The molecule has 90 valence electrons. The van der Waals surface area contributed by atoms with E-state index < -0.39 is 8.25 Å². The highest BCUT2D eigenvalue weighted by Gasteiger charge is 1.99. The molecule has 0 N–H and O–H groups in total. The van der Waals surface area contributed by atoms with Gasteiger partial charge < -0.3 is 9.05 Å². The first-order chi connectivity index (χ1) is 7.81. The fourth-order valence-corrected chi connectivity index (χ4v) is 1.67. The minimum absolute atomic E-state index is 0.373. The van der Waals surface area contributed by atoms with Gasteiger partial charge in [0.1, 0.15) is 0 Å². The third-order valence-corrected chi connectivity index (χ3v) is 2.69. The van der Waals surface area contributed by atoms with Crippen molar-refractivity contribution < 1.29 is 13.6 Å². The SMILES string of the molecule is N#CCCCCO[PH](=O)OCCCCC#N. The van der Waals surface area contributed by atoms with Crippen LogP contribution < -0.4 is 0 Å². The Labute approximate surface area is 96.9 Å². The number of nitriles is 2. The van der Waals surface area contributed by atoms with Gasteiger partial charge in [0.25, 0.3) is 0 Å². The van der Waals surface area contributed by atoms with Crippen molar-refractivity contribution in [3.05, 3.63) is 0 Å². The molecule has 0 aromatic carbocycles. The number of hydrogen-bond donors (Lipinski definition) is 0. The maximum Gasteiger partial charge on any atom is 0.319 e. The van der Waals surface area contributed by atoms with Crippen molar-refractivity contribution in [1.82, 2.24) is 0 Å². The first kappa shape index (κ1) is 15.1. The number of hydrogen-bond acceptors (Lipinski definition) is 5. The van der Waals surface area contributed by atoms with Crippen LogP contribution >= 0.6 is 8.25 Å². The molecule has 0 spiro atoms. The Hall–Kier alpha value is -0.870. The van der Waals surface area contributed by atoms with E-state index in [9.17, 15) is 4.57 Å². The van der Waals surface area contributed by atoms with Crippen LogP contribution in [0.2, 0.25) is 0 Å². The first-order valence-corrected chi connectivity index (χ1v) is 6.57. The smallest absolute Gasteiger partial charge is 0.311 e.